The first-order valence-corrected chi connectivity index (χ1v) is 8.61. The van der Waals surface area contributed by atoms with Gasteiger partial charge in [-0.05, 0) is 57.3 Å². The molecule has 2 fully saturated rings. The molecule has 0 saturated carbocycles. The van der Waals surface area contributed by atoms with Crippen molar-refractivity contribution >= 4 is 28.5 Å². The van der Waals surface area contributed by atoms with Crippen molar-refractivity contribution in [2.75, 3.05) is 19.6 Å². The van der Waals surface area contributed by atoms with Crippen molar-refractivity contribution in [2.24, 2.45) is 5.92 Å². The second-order valence-electron chi connectivity index (χ2n) is 6.90. The zero-order valence-corrected chi connectivity index (χ0v) is 14.0. The molecule has 122 valence electrons. The standard InChI is InChI=1S/C17H21ClN4O/c1-17-4-2-5-22(17)6-3-11(17)9-19-16(23)13-7-12(18)8-14-15(13)21-10-20-14/h7-8,10-11H,2-6,9H2,1H3,(H,19,23)(H,20,21)/t11-,17-/m0/s1. The maximum atomic E-state index is 12.6. The molecule has 0 spiro atoms. The Kier molecular flexibility index (Phi) is 3.58. The molecule has 2 N–H and O–H groups in total. The van der Waals surface area contributed by atoms with Crippen LogP contribution in [0.5, 0.6) is 0 Å². The number of carbonyl (C=O) groups excluding carboxylic acids is 1. The Labute approximate surface area is 140 Å². The van der Waals surface area contributed by atoms with E-state index in [1.165, 1.54) is 19.4 Å². The lowest BCUT2D eigenvalue weighted by molar-refractivity contribution is 0.0934. The molecule has 4 rings (SSSR count). The van der Waals surface area contributed by atoms with Crippen molar-refractivity contribution in [1.82, 2.24) is 20.2 Å². The van der Waals surface area contributed by atoms with E-state index in [-0.39, 0.29) is 11.4 Å². The molecule has 0 bridgehead atoms. The van der Waals surface area contributed by atoms with Crippen molar-refractivity contribution in [3.63, 3.8) is 0 Å². The Bertz CT molecular complexity index is 758. The zero-order chi connectivity index (χ0) is 16.0. The molecule has 1 aromatic heterocycles. The van der Waals surface area contributed by atoms with Gasteiger partial charge in [-0.25, -0.2) is 4.98 Å². The minimum Gasteiger partial charge on any atom is -0.352 e. The highest BCUT2D eigenvalue weighted by atomic mass is 35.5. The molecule has 2 aliphatic rings. The molecule has 5 nitrogen and oxygen atoms in total. The summed E-state index contributed by atoms with van der Waals surface area (Å²) >= 11 is 6.11. The van der Waals surface area contributed by atoms with E-state index in [9.17, 15) is 4.79 Å². The summed E-state index contributed by atoms with van der Waals surface area (Å²) < 4.78 is 0. The van der Waals surface area contributed by atoms with Gasteiger partial charge in [0.15, 0.2) is 0 Å². The SMILES string of the molecule is C[C@@]12CCCN1CC[C@H]2CNC(=O)c1cc(Cl)cc2[nH]cnc12. The summed E-state index contributed by atoms with van der Waals surface area (Å²) in [5, 5.41) is 3.65. The number of rotatable bonds is 3. The fraction of sp³-hybridized carbons (Fsp3) is 0.529. The number of hydrogen-bond donors (Lipinski definition) is 2. The Morgan fingerprint density at radius 3 is 3.26 bits per heavy atom. The van der Waals surface area contributed by atoms with Crippen molar-refractivity contribution in [1.29, 1.82) is 0 Å². The van der Waals surface area contributed by atoms with Crippen LogP contribution in [0.2, 0.25) is 5.02 Å². The fourth-order valence-electron chi connectivity index (χ4n) is 4.31. The molecule has 3 heterocycles. The highest BCUT2D eigenvalue weighted by molar-refractivity contribution is 6.32. The first-order chi connectivity index (χ1) is 11.1. The van der Waals surface area contributed by atoms with Crippen molar-refractivity contribution in [3.05, 3.63) is 29.0 Å². The summed E-state index contributed by atoms with van der Waals surface area (Å²) in [5.41, 5.74) is 2.26. The number of aromatic nitrogens is 2. The first kappa shape index (κ1) is 15.0. The molecular weight excluding hydrogens is 312 g/mol. The van der Waals surface area contributed by atoms with Crippen LogP contribution in [0.3, 0.4) is 0 Å². The summed E-state index contributed by atoms with van der Waals surface area (Å²) in [6.07, 6.45) is 5.24. The monoisotopic (exact) mass is 332 g/mol. The van der Waals surface area contributed by atoms with Gasteiger partial charge in [0.25, 0.3) is 5.91 Å². The average molecular weight is 333 g/mol. The number of fused-ring (bicyclic) bond motifs is 2. The Hall–Kier alpha value is -1.59. The Balaban J connectivity index is 1.51. The lowest BCUT2D eigenvalue weighted by Crippen LogP contribution is -2.44. The van der Waals surface area contributed by atoms with Crippen LogP contribution in [0.4, 0.5) is 0 Å². The van der Waals surface area contributed by atoms with E-state index in [4.69, 9.17) is 11.6 Å². The fourth-order valence-corrected chi connectivity index (χ4v) is 4.53. The van der Waals surface area contributed by atoms with Crippen LogP contribution in [0.1, 0.15) is 36.5 Å². The van der Waals surface area contributed by atoms with E-state index in [1.807, 2.05) is 0 Å². The van der Waals surface area contributed by atoms with Gasteiger partial charge in [0.1, 0.15) is 5.52 Å². The van der Waals surface area contributed by atoms with Gasteiger partial charge in [-0.2, -0.15) is 0 Å². The molecule has 2 aromatic rings. The number of aromatic amines is 1. The minimum absolute atomic E-state index is 0.0929. The third-order valence-electron chi connectivity index (χ3n) is 5.70. The van der Waals surface area contributed by atoms with E-state index in [2.05, 4.69) is 27.1 Å². The molecular formula is C17H21ClN4O. The van der Waals surface area contributed by atoms with Crippen LogP contribution in [-0.2, 0) is 0 Å². The molecule has 6 heteroatoms. The second-order valence-corrected chi connectivity index (χ2v) is 7.33. The van der Waals surface area contributed by atoms with Gasteiger partial charge in [0.2, 0.25) is 0 Å². The summed E-state index contributed by atoms with van der Waals surface area (Å²) in [5.74, 6) is 0.424. The number of hydrogen-bond acceptors (Lipinski definition) is 3. The lowest BCUT2D eigenvalue weighted by atomic mass is 9.85. The molecule has 23 heavy (non-hydrogen) atoms. The summed E-state index contributed by atoms with van der Waals surface area (Å²) in [7, 11) is 0. The summed E-state index contributed by atoms with van der Waals surface area (Å²) in [6.45, 7) is 5.40. The van der Waals surface area contributed by atoms with Crippen LogP contribution in [0.25, 0.3) is 11.0 Å². The highest BCUT2D eigenvalue weighted by Crippen LogP contribution is 2.42. The molecule has 2 aliphatic heterocycles. The van der Waals surface area contributed by atoms with E-state index < -0.39 is 0 Å². The number of benzene rings is 1. The summed E-state index contributed by atoms with van der Waals surface area (Å²) in [6, 6.07) is 3.48. The third-order valence-corrected chi connectivity index (χ3v) is 5.92. The maximum absolute atomic E-state index is 12.6. The molecule has 0 radical (unpaired) electrons. The third kappa shape index (κ3) is 2.42. The predicted molar refractivity (Wildman–Crippen MR) is 90.8 cm³/mol. The van der Waals surface area contributed by atoms with Gasteiger partial charge in [-0.3, -0.25) is 9.69 Å². The molecule has 2 atom stereocenters. The Morgan fingerprint density at radius 2 is 2.39 bits per heavy atom. The van der Waals surface area contributed by atoms with Crippen LogP contribution in [-0.4, -0.2) is 45.9 Å². The molecule has 1 amide bonds. The number of imidazole rings is 1. The van der Waals surface area contributed by atoms with Crippen molar-refractivity contribution < 1.29 is 4.79 Å². The van der Waals surface area contributed by atoms with Crippen LogP contribution < -0.4 is 5.32 Å². The number of nitrogens with one attached hydrogen (secondary N) is 2. The Morgan fingerprint density at radius 1 is 1.52 bits per heavy atom. The number of nitrogens with zero attached hydrogens (tertiary/aromatic N) is 2. The van der Waals surface area contributed by atoms with Crippen LogP contribution in [0.15, 0.2) is 18.5 Å². The largest absolute Gasteiger partial charge is 0.352 e. The van der Waals surface area contributed by atoms with Crippen molar-refractivity contribution in [2.45, 2.75) is 31.7 Å². The maximum Gasteiger partial charge on any atom is 0.253 e. The van der Waals surface area contributed by atoms with Gasteiger partial charge < -0.3 is 10.3 Å². The minimum atomic E-state index is -0.0929. The molecule has 0 unspecified atom stereocenters. The number of amides is 1. The van der Waals surface area contributed by atoms with Gasteiger partial charge in [0.05, 0.1) is 17.4 Å². The molecule has 0 aliphatic carbocycles. The normalized spacial score (nSPS) is 27.5. The molecule has 2 saturated heterocycles. The zero-order valence-electron chi connectivity index (χ0n) is 13.2. The average Bonchev–Trinajstić information content (AvgIpc) is 3.18. The number of halogens is 1. The van der Waals surface area contributed by atoms with Gasteiger partial charge in [0, 0.05) is 17.1 Å². The van der Waals surface area contributed by atoms with Crippen molar-refractivity contribution in [3.8, 4) is 0 Å². The lowest BCUT2D eigenvalue weighted by Gasteiger charge is -2.33. The van der Waals surface area contributed by atoms with E-state index in [0.717, 1.165) is 18.5 Å². The van der Waals surface area contributed by atoms with Gasteiger partial charge in [-0.15, -0.1) is 0 Å². The van der Waals surface area contributed by atoms with E-state index in [1.54, 1.807) is 18.5 Å². The molecule has 1 aromatic carbocycles. The number of carbonyl (C=O) groups is 1. The van der Waals surface area contributed by atoms with E-state index >= 15 is 0 Å². The van der Waals surface area contributed by atoms with Crippen LogP contribution >= 0.6 is 11.6 Å². The summed E-state index contributed by atoms with van der Waals surface area (Å²) in [4.78, 5) is 22.5. The van der Waals surface area contributed by atoms with Gasteiger partial charge in [-0.1, -0.05) is 11.6 Å². The predicted octanol–water partition coefficient (Wildman–Crippen LogP) is 2.82. The number of H-pyrrole nitrogens is 1. The quantitative estimate of drug-likeness (QED) is 0.908. The van der Waals surface area contributed by atoms with Gasteiger partial charge >= 0.3 is 0 Å². The van der Waals surface area contributed by atoms with Crippen LogP contribution in [0, 0.1) is 5.92 Å². The highest BCUT2D eigenvalue weighted by Gasteiger charge is 2.47. The smallest absolute Gasteiger partial charge is 0.253 e. The second kappa shape index (κ2) is 5.49. The first-order valence-electron chi connectivity index (χ1n) is 8.24. The topological polar surface area (TPSA) is 61.0 Å². The van der Waals surface area contributed by atoms with E-state index in [0.29, 0.717) is 28.6 Å².